The van der Waals surface area contributed by atoms with Crippen LogP contribution in [0.1, 0.15) is 26.6 Å². The minimum absolute atomic E-state index is 0.108. The maximum absolute atomic E-state index is 13.0. The van der Waals surface area contributed by atoms with Crippen molar-refractivity contribution in [1.82, 2.24) is 10.3 Å². The summed E-state index contributed by atoms with van der Waals surface area (Å²) in [6.45, 7) is 3.15. The summed E-state index contributed by atoms with van der Waals surface area (Å²) in [6, 6.07) is 4.77. The molecule has 106 valence electrons. The number of carbonyl (C=O) groups is 1. The van der Waals surface area contributed by atoms with Crippen LogP contribution in [0.5, 0.6) is 0 Å². The van der Waals surface area contributed by atoms with Crippen molar-refractivity contribution in [2.45, 2.75) is 19.9 Å². The number of rotatable bonds is 6. The van der Waals surface area contributed by atoms with Crippen LogP contribution in [0.3, 0.4) is 0 Å². The van der Waals surface area contributed by atoms with Gasteiger partial charge in [-0.1, -0.05) is 6.07 Å². The molecule has 1 aromatic heterocycles. The molecule has 0 atom stereocenters. The van der Waals surface area contributed by atoms with Gasteiger partial charge in [-0.25, -0.2) is 14.2 Å². The highest BCUT2D eigenvalue weighted by atomic mass is 32.1. The summed E-state index contributed by atoms with van der Waals surface area (Å²) >= 11 is 1.12. The third-order valence-electron chi connectivity index (χ3n) is 2.92. The summed E-state index contributed by atoms with van der Waals surface area (Å²) in [7, 11) is 0. The molecule has 0 spiro atoms. The van der Waals surface area contributed by atoms with Crippen molar-refractivity contribution in [2.75, 3.05) is 6.54 Å². The molecule has 1 aromatic carbocycles. The first kappa shape index (κ1) is 14.6. The number of thiazole rings is 1. The standard InChI is InChI=1S/C14H15FN2O2S/c1-9-6-11(15)3-2-10(9)4-5-16-7-12-8-20-13(17-12)14(18)19/h2-3,6,8,16H,4-5,7H2,1H3,(H,18,19). The zero-order chi connectivity index (χ0) is 14.5. The van der Waals surface area contributed by atoms with Crippen LogP contribution in [-0.2, 0) is 13.0 Å². The Morgan fingerprint density at radius 2 is 2.30 bits per heavy atom. The molecule has 0 aliphatic heterocycles. The van der Waals surface area contributed by atoms with Gasteiger partial charge >= 0.3 is 5.97 Å². The Hall–Kier alpha value is -1.79. The lowest BCUT2D eigenvalue weighted by atomic mass is 10.1. The first-order chi connectivity index (χ1) is 9.56. The second-order valence-corrected chi connectivity index (χ2v) is 5.30. The van der Waals surface area contributed by atoms with Crippen LogP contribution in [0.25, 0.3) is 0 Å². The lowest BCUT2D eigenvalue weighted by molar-refractivity contribution is 0.0696. The highest BCUT2D eigenvalue weighted by Gasteiger charge is 2.08. The van der Waals surface area contributed by atoms with E-state index in [0.29, 0.717) is 6.54 Å². The number of carboxylic acids is 1. The Labute approximate surface area is 120 Å². The molecule has 1 heterocycles. The van der Waals surface area contributed by atoms with Crippen LogP contribution < -0.4 is 5.32 Å². The van der Waals surface area contributed by atoms with Gasteiger partial charge in [0.1, 0.15) is 5.82 Å². The zero-order valence-corrected chi connectivity index (χ0v) is 11.8. The van der Waals surface area contributed by atoms with Crippen molar-refractivity contribution < 1.29 is 14.3 Å². The van der Waals surface area contributed by atoms with Gasteiger partial charge in [0.05, 0.1) is 5.69 Å². The van der Waals surface area contributed by atoms with Gasteiger partial charge in [-0.3, -0.25) is 0 Å². The van der Waals surface area contributed by atoms with Crippen LogP contribution >= 0.6 is 11.3 Å². The molecule has 0 unspecified atom stereocenters. The van der Waals surface area contributed by atoms with Gasteiger partial charge in [-0.15, -0.1) is 11.3 Å². The number of nitrogens with one attached hydrogen (secondary N) is 1. The SMILES string of the molecule is Cc1cc(F)ccc1CCNCc1csc(C(=O)O)n1. The molecule has 6 heteroatoms. The highest BCUT2D eigenvalue weighted by Crippen LogP contribution is 2.11. The van der Waals surface area contributed by atoms with Crippen LogP contribution in [-0.4, -0.2) is 22.6 Å². The van der Waals surface area contributed by atoms with Crippen molar-refractivity contribution in [1.29, 1.82) is 0 Å². The fourth-order valence-corrected chi connectivity index (χ4v) is 2.52. The van der Waals surface area contributed by atoms with Crippen molar-refractivity contribution in [2.24, 2.45) is 0 Å². The van der Waals surface area contributed by atoms with Crippen molar-refractivity contribution in [3.05, 3.63) is 51.2 Å². The molecule has 0 amide bonds. The molecule has 2 aromatic rings. The fourth-order valence-electron chi connectivity index (χ4n) is 1.87. The number of aryl methyl sites for hydroxylation is 1. The highest BCUT2D eigenvalue weighted by molar-refractivity contribution is 7.11. The predicted molar refractivity (Wildman–Crippen MR) is 75.6 cm³/mol. The van der Waals surface area contributed by atoms with Crippen LogP contribution in [0.2, 0.25) is 0 Å². The van der Waals surface area contributed by atoms with Crippen molar-refractivity contribution >= 4 is 17.3 Å². The number of benzene rings is 1. The van der Waals surface area contributed by atoms with Gasteiger partial charge in [-0.2, -0.15) is 0 Å². The molecule has 4 nitrogen and oxygen atoms in total. The van der Waals surface area contributed by atoms with Gasteiger partial charge in [0.2, 0.25) is 5.01 Å². The van der Waals surface area contributed by atoms with Crippen LogP contribution in [0.15, 0.2) is 23.6 Å². The number of aromatic nitrogens is 1. The third kappa shape index (κ3) is 3.85. The van der Waals surface area contributed by atoms with Crippen LogP contribution in [0.4, 0.5) is 4.39 Å². The third-order valence-corrected chi connectivity index (χ3v) is 3.80. The predicted octanol–water partition coefficient (Wildman–Crippen LogP) is 2.62. The average molecular weight is 294 g/mol. The van der Waals surface area contributed by atoms with E-state index in [0.717, 1.165) is 41.1 Å². The molecule has 20 heavy (non-hydrogen) atoms. The quantitative estimate of drug-likeness (QED) is 0.804. The molecule has 0 aliphatic rings. The van der Waals surface area contributed by atoms with Crippen LogP contribution in [0, 0.1) is 12.7 Å². The molecule has 0 saturated carbocycles. The largest absolute Gasteiger partial charge is 0.476 e. The van der Waals surface area contributed by atoms with E-state index in [9.17, 15) is 9.18 Å². The Morgan fingerprint density at radius 1 is 1.50 bits per heavy atom. The maximum Gasteiger partial charge on any atom is 0.365 e. The Balaban J connectivity index is 1.79. The molecule has 0 bridgehead atoms. The molecular formula is C14H15FN2O2S. The van der Waals surface area contributed by atoms with E-state index in [4.69, 9.17) is 5.11 Å². The number of aromatic carboxylic acids is 1. The minimum Gasteiger partial charge on any atom is -0.476 e. The smallest absolute Gasteiger partial charge is 0.365 e. The number of halogens is 1. The van der Waals surface area contributed by atoms with E-state index < -0.39 is 5.97 Å². The lowest BCUT2D eigenvalue weighted by Gasteiger charge is -2.06. The zero-order valence-electron chi connectivity index (χ0n) is 11.0. The molecule has 0 fully saturated rings. The topological polar surface area (TPSA) is 62.2 Å². The Bertz CT molecular complexity index is 613. The van der Waals surface area contributed by atoms with E-state index in [-0.39, 0.29) is 10.8 Å². The van der Waals surface area contributed by atoms with Gasteiger partial charge in [-0.05, 0) is 43.1 Å². The molecule has 0 radical (unpaired) electrons. The Kier molecular flexibility index (Phi) is 4.81. The van der Waals surface area contributed by atoms with E-state index in [1.54, 1.807) is 11.4 Å². The van der Waals surface area contributed by atoms with E-state index >= 15 is 0 Å². The first-order valence-electron chi connectivity index (χ1n) is 6.19. The summed E-state index contributed by atoms with van der Waals surface area (Å²) in [5, 5.41) is 13.8. The minimum atomic E-state index is -0.997. The van der Waals surface area contributed by atoms with E-state index in [1.165, 1.54) is 12.1 Å². The number of carboxylic acid groups (broad SMARTS) is 1. The molecule has 0 aliphatic carbocycles. The summed E-state index contributed by atoms with van der Waals surface area (Å²) in [6.07, 6.45) is 0.794. The summed E-state index contributed by atoms with van der Waals surface area (Å²) < 4.78 is 13.0. The van der Waals surface area contributed by atoms with Gasteiger partial charge < -0.3 is 10.4 Å². The first-order valence-corrected chi connectivity index (χ1v) is 7.07. The summed E-state index contributed by atoms with van der Waals surface area (Å²) in [4.78, 5) is 14.7. The van der Waals surface area contributed by atoms with Gasteiger partial charge in [0, 0.05) is 11.9 Å². The molecular weight excluding hydrogens is 279 g/mol. The second kappa shape index (κ2) is 6.58. The molecule has 0 saturated heterocycles. The average Bonchev–Trinajstić information content (AvgIpc) is 2.85. The van der Waals surface area contributed by atoms with Gasteiger partial charge in [0.15, 0.2) is 0 Å². The van der Waals surface area contributed by atoms with Crippen molar-refractivity contribution in [3.63, 3.8) is 0 Å². The van der Waals surface area contributed by atoms with Gasteiger partial charge in [0.25, 0.3) is 0 Å². The lowest BCUT2D eigenvalue weighted by Crippen LogP contribution is -2.17. The number of hydrogen-bond donors (Lipinski definition) is 2. The Morgan fingerprint density at radius 3 is 2.95 bits per heavy atom. The maximum atomic E-state index is 13.0. The second-order valence-electron chi connectivity index (χ2n) is 4.45. The fraction of sp³-hybridized carbons (Fsp3) is 0.286. The number of nitrogens with zero attached hydrogens (tertiary/aromatic N) is 1. The van der Waals surface area contributed by atoms with Crippen molar-refractivity contribution in [3.8, 4) is 0 Å². The summed E-state index contributed by atoms with van der Waals surface area (Å²) in [5.41, 5.74) is 2.76. The van der Waals surface area contributed by atoms with E-state index in [1.807, 2.05) is 6.92 Å². The monoisotopic (exact) mass is 294 g/mol. The van der Waals surface area contributed by atoms with E-state index in [2.05, 4.69) is 10.3 Å². The molecule has 2 rings (SSSR count). The number of hydrogen-bond acceptors (Lipinski definition) is 4. The summed E-state index contributed by atoms with van der Waals surface area (Å²) in [5.74, 6) is -1.22. The molecule has 2 N–H and O–H groups in total. The normalized spacial score (nSPS) is 10.7.